The van der Waals surface area contributed by atoms with Gasteiger partial charge < -0.3 is 10.2 Å². The number of rotatable bonds is 2. The predicted octanol–water partition coefficient (Wildman–Crippen LogP) is 1.18. The minimum atomic E-state index is 0.0489. The molecule has 0 amide bonds. The standard InChI is InChI=1S/C14H15N7S/c1-16-14(22)20-7-3-6-12(20)13-17-19-21(18-13)11-5-2-4-10(8-11)9-15/h2,4-5,8,12H,3,6-7H2,1H3,(H,16,22)/t12-/m1/s1. The van der Waals surface area contributed by atoms with E-state index in [0.717, 1.165) is 25.1 Å². The maximum atomic E-state index is 8.97. The van der Waals surface area contributed by atoms with Crippen molar-refractivity contribution in [3.63, 3.8) is 0 Å². The van der Waals surface area contributed by atoms with E-state index in [2.05, 4.69) is 31.7 Å². The van der Waals surface area contributed by atoms with Crippen LogP contribution in [0.25, 0.3) is 5.69 Å². The molecule has 0 bridgehead atoms. The Morgan fingerprint density at radius 3 is 3.14 bits per heavy atom. The Hall–Kier alpha value is -2.53. The molecule has 1 aliphatic heterocycles. The van der Waals surface area contributed by atoms with Gasteiger partial charge in [-0.05, 0) is 48.5 Å². The van der Waals surface area contributed by atoms with E-state index < -0.39 is 0 Å². The van der Waals surface area contributed by atoms with Crippen LogP contribution in [-0.2, 0) is 0 Å². The van der Waals surface area contributed by atoms with Crippen molar-refractivity contribution in [3.8, 4) is 11.8 Å². The third-order valence-electron chi connectivity index (χ3n) is 3.66. The first-order valence-corrected chi connectivity index (χ1v) is 7.42. The molecule has 2 aromatic rings. The van der Waals surface area contributed by atoms with Crippen LogP contribution >= 0.6 is 12.2 Å². The fourth-order valence-corrected chi connectivity index (χ4v) is 2.81. The Bertz CT molecular complexity index is 733. The summed E-state index contributed by atoms with van der Waals surface area (Å²) in [6.45, 7) is 0.892. The monoisotopic (exact) mass is 313 g/mol. The van der Waals surface area contributed by atoms with Crippen LogP contribution in [0.3, 0.4) is 0 Å². The molecule has 1 aromatic carbocycles. The number of tetrazole rings is 1. The largest absolute Gasteiger partial charge is 0.366 e. The molecule has 0 saturated carbocycles. The van der Waals surface area contributed by atoms with Crippen LogP contribution in [0.2, 0.25) is 0 Å². The molecule has 8 heteroatoms. The third kappa shape index (κ3) is 2.63. The summed E-state index contributed by atoms with van der Waals surface area (Å²) in [7, 11) is 1.81. The van der Waals surface area contributed by atoms with E-state index in [9.17, 15) is 0 Å². The molecule has 1 fully saturated rings. The van der Waals surface area contributed by atoms with Crippen molar-refractivity contribution in [1.29, 1.82) is 5.26 Å². The molecule has 1 saturated heterocycles. The Labute approximate surface area is 133 Å². The van der Waals surface area contributed by atoms with Crippen molar-refractivity contribution < 1.29 is 0 Å². The fraction of sp³-hybridized carbons (Fsp3) is 0.357. The molecule has 2 heterocycles. The second kappa shape index (κ2) is 6.07. The van der Waals surface area contributed by atoms with Gasteiger partial charge in [-0.3, -0.25) is 0 Å². The number of likely N-dealkylation sites (tertiary alicyclic amines) is 1. The summed E-state index contributed by atoms with van der Waals surface area (Å²) < 4.78 is 0. The molecule has 1 aromatic heterocycles. The molecule has 112 valence electrons. The van der Waals surface area contributed by atoms with Gasteiger partial charge in [0.25, 0.3) is 0 Å². The summed E-state index contributed by atoms with van der Waals surface area (Å²) in [5.41, 5.74) is 1.29. The second-order valence-corrected chi connectivity index (χ2v) is 5.39. The summed E-state index contributed by atoms with van der Waals surface area (Å²) in [4.78, 5) is 3.54. The van der Waals surface area contributed by atoms with E-state index in [-0.39, 0.29) is 6.04 Å². The summed E-state index contributed by atoms with van der Waals surface area (Å²) in [6, 6.07) is 9.27. The number of thiocarbonyl (C=S) groups is 1. The highest BCUT2D eigenvalue weighted by Gasteiger charge is 2.31. The van der Waals surface area contributed by atoms with Gasteiger partial charge in [0.1, 0.15) is 0 Å². The van der Waals surface area contributed by atoms with Gasteiger partial charge in [0.2, 0.25) is 0 Å². The maximum Gasteiger partial charge on any atom is 0.197 e. The van der Waals surface area contributed by atoms with Gasteiger partial charge in [0.15, 0.2) is 10.9 Å². The molecule has 1 atom stereocenters. The van der Waals surface area contributed by atoms with Crippen molar-refractivity contribution in [2.75, 3.05) is 13.6 Å². The lowest BCUT2D eigenvalue weighted by atomic mass is 10.2. The van der Waals surface area contributed by atoms with E-state index in [4.69, 9.17) is 17.5 Å². The fourth-order valence-electron chi connectivity index (χ4n) is 2.59. The summed E-state index contributed by atoms with van der Waals surface area (Å²) in [5.74, 6) is 0.650. The van der Waals surface area contributed by atoms with Gasteiger partial charge in [-0.25, -0.2) is 0 Å². The molecule has 7 nitrogen and oxygen atoms in total. The molecule has 0 unspecified atom stereocenters. The van der Waals surface area contributed by atoms with Gasteiger partial charge in [-0.2, -0.15) is 5.26 Å². The number of hydrogen-bond donors (Lipinski definition) is 1. The minimum absolute atomic E-state index is 0.0489. The van der Waals surface area contributed by atoms with Crippen LogP contribution in [0.5, 0.6) is 0 Å². The quantitative estimate of drug-likeness (QED) is 0.833. The van der Waals surface area contributed by atoms with Crippen molar-refractivity contribution >= 4 is 17.3 Å². The van der Waals surface area contributed by atoms with Crippen molar-refractivity contribution in [2.45, 2.75) is 18.9 Å². The molecular formula is C14H15N7S. The van der Waals surface area contributed by atoms with E-state index in [1.807, 2.05) is 13.1 Å². The molecule has 3 rings (SSSR count). The lowest BCUT2D eigenvalue weighted by Crippen LogP contribution is -2.37. The van der Waals surface area contributed by atoms with Crippen molar-refractivity contribution in [3.05, 3.63) is 35.7 Å². The zero-order valence-electron chi connectivity index (χ0n) is 12.1. The van der Waals surface area contributed by atoms with Crippen LogP contribution in [0.1, 0.15) is 30.3 Å². The first kappa shape index (κ1) is 14.4. The predicted molar refractivity (Wildman–Crippen MR) is 84.2 cm³/mol. The lowest BCUT2D eigenvalue weighted by molar-refractivity contribution is 0.380. The average molecular weight is 313 g/mol. The first-order valence-electron chi connectivity index (χ1n) is 7.01. The van der Waals surface area contributed by atoms with Crippen molar-refractivity contribution in [2.24, 2.45) is 0 Å². The number of nitriles is 1. The number of nitrogens with zero attached hydrogens (tertiary/aromatic N) is 6. The lowest BCUT2D eigenvalue weighted by Gasteiger charge is -2.24. The number of hydrogen-bond acceptors (Lipinski definition) is 5. The zero-order valence-corrected chi connectivity index (χ0v) is 12.9. The highest BCUT2D eigenvalue weighted by atomic mass is 32.1. The second-order valence-electron chi connectivity index (χ2n) is 5.01. The van der Waals surface area contributed by atoms with Gasteiger partial charge in [0, 0.05) is 13.6 Å². The first-order chi connectivity index (χ1) is 10.7. The molecule has 0 aliphatic carbocycles. The average Bonchev–Trinajstić information content (AvgIpc) is 3.22. The molecular weight excluding hydrogens is 298 g/mol. The van der Waals surface area contributed by atoms with Gasteiger partial charge in [-0.15, -0.1) is 15.0 Å². The molecule has 0 spiro atoms. The van der Waals surface area contributed by atoms with Crippen LogP contribution in [-0.4, -0.2) is 43.8 Å². The van der Waals surface area contributed by atoms with Crippen LogP contribution < -0.4 is 5.32 Å². The molecule has 0 radical (unpaired) electrons. The number of benzene rings is 1. The topological polar surface area (TPSA) is 82.7 Å². The Balaban J connectivity index is 1.87. The number of aromatic nitrogens is 4. The van der Waals surface area contributed by atoms with E-state index in [1.54, 1.807) is 18.2 Å². The Kier molecular flexibility index (Phi) is 3.98. The van der Waals surface area contributed by atoms with Crippen LogP contribution in [0.4, 0.5) is 0 Å². The SMILES string of the molecule is CNC(=S)N1CCC[C@@H]1c1nnn(-c2cccc(C#N)c2)n1. The maximum absolute atomic E-state index is 8.97. The highest BCUT2D eigenvalue weighted by molar-refractivity contribution is 7.80. The third-order valence-corrected chi connectivity index (χ3v) is 4.10. The Morgan fingerprint density at radius 2 is 2.36 bits per heavy atom. The smallest absolute Gasteiger partial charge is 0.197 e. The minimum Gasteiger partial charge on any atom is -0.366 e. The van der Waals surface area contributed by atoms with E-state index in [1.165, 1.54) is 4.80 Å². The molecule has 1 aliphatic rings. The Morgan fingerprint density at radius 1 is 1.50 bits per heavy atom. The molecule has 1 N–H and O–H groups in total. The van der Waals surface area contributed by atoms with Crippen molar-refractivity contribution in [1.82, 2.24) is 30.4 Å². The van der Waals surface area contributed by atoms with Gasteiger partial charge >= 0.3 is 0 Å². The summed E-state index contributed by atoms with van der Waals surface area (Å²) in [5, 5.41) is 25.4. The van der Waals surface area contributed by atoms with E-state index >= 15 is 0 Å². The number of nitrogens with one attached hydrogen (secondary N) is 1. The van der Waals surface area contributed by atoms with Crippen LogP contribution in [0.15, 0.2) is 24.3 Å². The summed E-state index contributed by atoms with van der Waals surface area (Å²) in [6.07, 6.45) is 2.00. The van der Waals surface area contributed by atoms with Gasteiger partial charge in [0.05, 0.1) is 23.4 Å². The van der Waals surface area contributed by atoms with E-state index in [0.29, 0.717) is 16.5 Å². The van der Waals surface area contributed by atoms with Crippen LogP contribution in [0, 0.1) is 11.3 Å². The summed E-state index contributed by atoms with van der Waals surface area (Å²) >= 11 is 5.32. The van der Waals surface area contributed by atoms with Gasteiger partial charge in [-0.1, -0.05) is 6.07 Å². The normalized spacial score (nSPS) is 17.3. The zero-order chi connectivity index (χ0) is 15.5. The molecule has 22 heavy (non-hydrogen) atoms. The highest BCUT2D eigenvalue weighted by Crippen LogP contribution is 2.29.